The van der Waals surface area contributed by atoms with Crippen LogP contribution in [-0.2, 0) is 14.8 Å². The van der Waals surface area contributed by atoms with Crippen LogP contribution >= 0.6 is 0 Å². The summed E-state index contributed by atoms with van der Waals surface area (Å²) in [6, 6.07) is 16.8. The molecule has 0 aliphatic heterocycles. The van der Waals surface area contributed by atoms with Gasteiger partial charge in [-0.25, -0.2) is 8.42 Å². The molecule has 2 aromatic carbocycles. The van der Waals surface area contributed by atoms with Gasteiger partial charge in [0.1, 0.15) is 6.54 Å². The zero-order chi connectivity index (χ0) is 20.0. The van der Waals surface area contributed by atoms with E-state index in [2.05, 4.69) is 5.32 Å². The second-order valence-electron chi connectivity index (χ2n) is 6.92. The Bertz CT molecular complexity index is 864. The maximum absolute atomic E-state index is 12.7. The van der Waals surface area contributed by atoms with Gasteiger partial charge < -0.3 is 5.32 Å². The van der Waals surface area contributed by atoms with Crippen molar-refractivity contribution in [3.8, 4) is 0 Å². The molecule has 0 heterocycles. The maximum atomic E-state index is 12.7. The van der Waals surface area contributed by atoms with Crippen molar-refractivity contribution in [2.45, 2.75) is 39.2 Å². The van der Waals surface area contributed by atoms with Gasteiger partial charge in [0.2, 0.25) is 15.9 Å². The number of para-hydroxylation sites is 1. The predicted octanol–water partition coefficient (Wildman–Crippen LogP) is 3.84. The molecule has 27 heavy (non-hydrogen) atoms. The average Bonchev–Trinajstić information content (AvgIpc) is 2.64. The van der Waals surface area contributed by atoms with Crippen LogP contribution in [0.5, 0.6) is 0 Å². The van der Waals surface area contributed by atoms with Gasteiger partial charge in [0, 0.05) is 0 Å². The Kier molecular flexibility index (Phi) is 7.02. The minimum Gasteiger partial charge on any atom is -0.348 e. The molecule has 0 fully saturated rings. The fourth-order valence-corrected chi connectivity index (χ4v) is 3.94. The van der Waals surface area contributed by atoms with Crippen molar-refractivity contribution in [2.24, 2.45) is 0 Å². The Morgan fingerprint density at radius 1 is 1.04 bits per heavy atom. The lowest BCUT2D eigenvalue weighted by molar-refractivity contribution is -0.120. The van der Waals surface area contributed by atoms with Gasteiger partial charge in [0.05, 0.1) is 18.0 Å². The van der Waals surface area contributed by atoms with Gasteiger partial charge >= 0.3 is 0 Å². The van der Waals surface area contributed by atoms with E-state index >= 15 is 0 Å². The number of hydrogen-bond acceptors (Lipinski definition) is 3. The molecule has 2 aromatic rings. The van der Waals surface area contributed by atoms with Gasteiger partial charge in [-0.15, -0.1) is 0 Å². The number of hydrogen-bond donors (Lipinski definition) is 1. The molecule has 0 radical (unpaired) electrons. The van der Waals surface area contributed by atoms with Crippen molar-refractivity contribution in [2.75, 3.05) is 17.1 Å². The highest BCUT2D eigenvalue weighted by Gasteiger charge is 2.25. The summed E-state index contributed by atoms with van der Waals surface area (Å²) in [5.74, 6) is -0.184. The molecule has 1 N–H and O–H groups in total. The Balaban J connectivity index is 2.26. The fourth-order valence-electron chi connectivity index (χ4n) is 3.06. The van der Waals surface area contributed by atoms with Crippen molar-refractivity contribution in [1.82, 2.24) is 5.32 Å². The van der Waals surface area contributed by atoms with Gasteiger partial charge in [0.15, 0.2) is 0 Å². The number of amides is 1. The highest BCUT2D eigenvalue weighted by atomic mass is 32.2. The lowest BCUT2D eigenvalue weighted by atomic mass is 10.0. The standard InChI is InChI=1S/C21H28N2O3S/c1-5-19(17-11-7-6-8-12-17)22-21(24)15-23(27(4,25)26)20-14-10-9-13-18(20)16(2)3/h6-14,16,19H,5,15H2,1-4H3,(H,22,24). The molecule has 5 nitrogen and oxygen atoms in total. The first-order valence-corrected chi connectivity index (χ1v) is 11.0. The molecule has 2 rings (SSSR count). The molecular formula is C21H28N2O3S. The molecule has 6 heteroatoms. The number of sulfonamides is 1. The summed E-state index contributed by atoms with van der Waals surface area (Å²) in [5, 5.41) is 2.96. The SMILES string of the molecule is CCC(NC(=O)CN(c1ccccc1C(C)C)S(C)(=O)=O)c1ccccc1. The van der Waals surface area contributed by atoms with E-state index in [1.807, 2.05) is 63.2 Å². The highest BCUT2D eigenvalue weighted by molar-refractivity contribution is 7.92. The lowest BCUT2D eigenvalue weighted by Crippen LogP contribution is -2.42. The molecule has 0 saturated heterocycles. The van der Waals surface area contributed by atoms with E-state index in [1.54, 1.807) is 12.1 Å². The molecule has 1 unspecified atom stereocenters. The number of benzene rings is 2. The van der Waals surface area contributed by atoms with E-state index in [9.17, 15) is 13.2 Å². The number of carbonyl (C=O) groups excluding carboxylic acids is 1. The van der Waals surface area contributed by atoms with Crippen LogP contribution in [0.2, 0.25) is 0 Å². The lowest BCUT2D eigenvalue weighted by Gasteiger charge is -2.27. The molecule has 0 saturated carbocycles. The predicted molar refractivity (Wildman–Crippen MR) is 110 cm³/mol. The maximum Gasteiger partial charge on any atom is 0.241 e. The second kappa shape index (κ2) is 9.04. The Morgan fingerprint density at radius 2 is 1.63 bits per heavy atom. The molecule has 0 aliphatic carbocycles. The first-order chi connectivity index (χ1) is 12.7. The topological polar surface area (TPSA) is 66.5 Å². The van der Waals surface area contributed by atoms with Crippen LogP contribution in [0, 0.1) is 0 Å². The highest BCUT2D eigenvalue weighted by Crippen LogP contribution is 2.29. The Morgan fingerprint density at radius 3 is 2.19 bits per heavy atom. The number of rotatable bonds is 8. The third kappa shape index (κ3) is 5.57. The van der Waals surface area contributed by atoms with Gasteiger partial charge in [0.25, 0.3) is 0 Å². The summed E-state index contributed by atoms with van der Waals surface area (Å²) in [5.41, 5.74) is 2.45. The number of carbonyl (C=O) groups is 1. The molecular weight excluding hydrogens is 360 g/mol. The minimum absolute atomic E-state index is 0.140. The Labute approximate surface area is 162 Å². The number of nitrogens with zero attached hydrogens (tertiary/aromatic N) is 1. The van der Waals surface area contributed by atoms with Crippen LogP contribution in [0.4, 0.5) is 5.69 Å². The summed E-state index contributed by atoms with van der Waals surface area (Å²) in [4.78, 5) is 12.7. The van der Waals surface area contributed by atoms with E-state index in [4.69, 9.17) is 0 Å². The molecule has 0 bridgehead atoms. The van der Waals surface area contributed by atoms with Gasteiger partial charge in [-0.05, 0) is 29.5 Å². The quantitative estimate of drug-likeness (QED) is 0.747. The van der Waals surface area contributed by atoms with Crippen LogP contribution in [0.15, 0.2) is 54.6 Å². The van der Waals surface area contributed by atoms with Crippen molar-refractivity contribution in [3.63, 3.8) is 0 Å². The van der Waals surface area contributed by atoms with Crippen LogP contribution in [0.25, 0.3) is 0 Å². The summed E-state index contributed by atoms with van der Waals surface area (Å²) in [6.45, 7) is 5.75. The van der Waals surface area contributed by atoms with E-state index in [1.165, 1.54) is 4.31 Å². The molecule has 1 atom stereocenters. The number of nitrogens with one attached hydrogen (secondary N) is 1. The minimum atomic E-state index is -3.60. The summed E-state index contributed by atoms with van der Waals surface area (Å²) in [7, 11) is -3.60. The summed E-state index contributed by atoms with van der Waals surface area (Å²) < 4.78 is 26.0. The normalized spacial score (nSPS) is 12.6. The number of anilines is 1. The largest absolute Gasteiger partial charge is 0.348 e. The Hall–Kier alpha value is -2.34. The third-order valence-corrected chi connectivity index (χ3v) is 5.59. The van der Waals surface area contributed by atoms with Crippen molar-refractivity contribution >= 4 is 21.6 Å². The first kappa shape index (κ1) is 21.0. The smallest absolute Gasteiger partial charge is 0.241 e. The summed E-state index contributed by atoms with van der Waals surface area (Å²) in [6.07, 6.45) is 1.85. The molecule has 1 amide bonds. The molecule has 0 aromatic heterocycles. The van der Waals surface area contributed by atoms with Crippen molar-refractivity contribution in [1.29, 1.82) is 0 Å². The van der Waals surface area contributed by atoms with Crippen LogP contribution in [-0.4, -0.2) is 27.1 Å². The monoisotopic (exact) mass is 388 g/mol. The second-order valence-corrected chi connectivity index (χ2v) is 8.83. The third-order valence-electron chi connectivity index (χ3n) is 4.46. The van der Waals surface area contributed by atoms with Crippen LogP contribution in [0.1, 0.15) is 50.3 Å². The summed E-state index contributed by atoms with van der Waals surface area (Å²) >= 11 is 0. The van der Waals surface area contributed by atoms with E-state index in [-0.39, 0.29) is 24.4 Å². The first-order valence-electron chi connectivity index (χ1n) is 9.15. The fraction of sp³-hybridized carbons (Fsp3) is 0.381. The molecule has 0 spiro atoms. The van der Waals surface area contributed by atoms with E-state index in [0.29, 0.717) is 5.69 Å². The van der Waals surface area contributed by atoms with Gasteiger partial charge in [-0.2, -0.15) is 0 Å². The van der Waals surface area contributed by atoms with Gasteiger partial charge in [-0.1, -0.05) is 69.3 Å². The van der Waals surface area contributed by atoms with E-state index in [0.717, 1.165) is 23.8 Å². The van der Waals surface area contributed by atoms with E-state index < -0.39 is 10.0 Å². The average molecular weight is 389 g/mol. The van der Waals surface area contributed by atoms with Gasteiger partial charge in [-0.3, -0.25) is 9.10 Å². The molecule has 0 aliphatic rings. The van der Waals surface area contributed by atoms with Crippen molar-refractivity contribution in [3.05, 3.63) is 65.7 Å². The van der Waals surface area contributed by atoms with Crippen LogP contribution < -0.4 is 9.62 Å². The zero-order valence-electron chi connectivity index (χ0n) is 16.3. The zero-order valence-corrected chi connectivity index (χ0v) is 17.2. The van der Waals surface area contributed by atoms with Crippen molar-refractivity contribution < 1.29 is 13.2 Å². The van der Waals surface area contributed by atoms with Crippen LogP contribution in [0.3, 0.4) is 0 Å². The molecule has 146 valence electrons.